The number of hydrogen-bond donors (Lipinski definition) is 1. The van der Waals surface area contributed by atoms with E-state index in [2.05, 4.69) is 33.9 Å². The second kappa shape index (κ2) is 9.35. The second-order valence-corrected chi connectivity index (χ2v) is 8.17. The van der Waals surface area contributed by atoms with Gasteiger partial charge in [-0.3, -0.25) is 4.79 Å². The smallest absolute Gasteiger partial charge is 0.206 e. The normalized spacial score (nSPS) is 12.4. The highest BCUT2D eigenvalue weighted by molar-refractivity contribution is 8.01. The number of nitrogens with one attached hydrogen (secondary N) is 1. The summed E-state index contributed by atoms with van der Waals surface area (Å²) in [4.78, 5) is 12.6. The Kier molecular flexibility index (Phi) is 7.46. The zero-order valence-corrected chi connectivity index (χ0v) is 17.1. The van der Waals surface area contributed by atoms with Crippen molar-refractivity contribution in [2.24, 2.45) is 0 Å². The summed E-state index contributed by atoms with van der Waals surface area (Å²) in [7, 11) is 1.69. The molecule has 0 fully saturated rings. The van der Waals surface area contributed by atoms with Gasteiger partial charge in [0.25, 0.3) is 0 Å². The van der Waals surface area contributed by atoms with Crippen LogP contribution in [0.1, 0.15) is 48.1 Å². The third kappa shape index (κ3) is 5.05. The zero-order chi connectivity index (χ0) is 18.4. The number of ketones is 1. The minimum Gasteiger partial charge on any atom is -0.383 e. The topological polar surface area (TPSA) is 69.0 Å². The maximum Gasteiger partial charge on any atom is 0.206 e. The van der Waals surface area contributed by atoms with Gasteiger partial charge in [0.15, 0.2) is 10.1 Å². The lowest BCUT2D eigenvalue weighted by molar-refractivity contribution is 0.102. The largest absolute Gasteiger partial charge is 0.383 e. The SMILES string of the molecule is CCCNc1nnc(SCC(=O)c2cc(C)n(C(C)COC)c2C)s1. The van der Waals surface area contributed by atoms with Crippen molar-refractivity contribution in [3.8, 4) is 0 Å². The van der Waals surface area contributed by atoms with Gasteiger partial charge < -0.3 is 14.6 Å². The molecule has 0 aliphatic heterocycles. The molecule has 0 spiro atoms. The fourth-order valence-electron chi connectivity index (χ4n) is 2.83. The Balaban J connectivity index is 2.01. The molecule has 0 aliphatic rings. The molecule has 25 heavy (non-hydrogen) atoms. The van der Waals surface area contributed by atoms with Crippen molar-refractivity contribution < 1.29 is 9.53 Å². The summed E-state index contributed by atoms with van der Waals surface area (Å²) >= 11 is 2.93. The first kappa shape index (κ1) is 19.9. The maximum atomic E-state index is 12.6. The molecule has 2 heterocycles. The molecule has 0 saturated heterocycles. The van der Waals surface area contributed by atoms with Crippen molar-refractivity contribution in [1.82, 2.24) is 14.8 Å². The number of aromatic nitrogens is 3. The average molecular weight is 383 g/mol. The molecule has 0 amide bonds. The van der Waals surface area contributed by atoms with Crippen molar-refractivity contribution in [2.45, 2.75) is 44.5 Å². The highest BCUT2D eigenvalue weighted by atomic mass is 32.2. The number of rotatable bonds is 10. The first-order valence-electron chi connectivity index (χ1n) is 8.38. The number of ether oxygens (including phenoxy) is 1. The van der Waals surface area contributed by atoms with Crippen LogP contribution >= 0.6 is 23.1 Å². The number of thioether (sulfide) groups is 1. The lowest BCUT2D eigenvalue weighted by Gasteiger charge is -2.17. The average Bonchev–Trinajstić information content (AvgIpc) is 3.15. The summed E-state index contributed by atoms with van der Waals surface area (Å²) < 4.78 is 8.22. The van der Waals surface area contributed by atoms with E-state index in [1.165, 1.54) is 23.1 Å². The number of methoxy groups -OCH3 is 1. The molecule has 0 aliphatic carbocycles. The Bertz CT molecular complexity index is 712. The van der Waals surface area contributed by atoms with Crippen molar-refractivity contribution in [1.29, 1.82) is 0 Å². The van der Waals surface area contributed by atoms with Gasteiger partial charge in [0.05, 0.1) is 18.4 Å². The number of Topliss-reactive ketones (excluding diaryl/α,β-unsaturated/α-hetero) is 1. The highest BCUT2D eigenvalue weighted by Gasteiger charge is 2.19. The summed E-state index contributed by atoms with van der Waals surface area (Å²) in [5.41, 5.74) is 2.86. The van der Waals surface area contributed by atoms with E-state index in [0.717, 1.165) is 39.4 Å². The van der Waals surface area contributed by atoms with Crippen LogP contribution in [0.2, 0.25) is 0 Å². The Labute approximate surface area is 157 Å². The minimum absolute atomic E-state index is 0.118. The Morgan fingerprint density at radius 3 is 2.88 bits per heavy atom. The van der Waals surface area contributed by atoms with E-state index in [0.29, 0.717) is 12.4 Å². The molecule has 2 aromatic heterocycles. The quantitative estimate of drug-likeness (QED) is 0.495. The molecule has 0 radical (unpaired) electrons. The number of aryl methyl sites for hydroxylation is 1. The molecule has 1 unspecified atom stereocenters. The monoisotopic (exact) mass is 382 g/mol. The van der Waals surface area contributed by atoms with E-state index in [4.69, 9.17) is 4.74 Å². The Hall–Kier alpha value is -1.38. The van der Waals surface area contributed by atoms with E-state index in [-0.39, 0.29) is 11.8 Å². The van der Waals surface area contributed by atoms with Crippen LogP contribution in [-0.4, -0.2) is 46.6 Å². The van der Waals surface area contributed by atoms with Gasteiger partial charge in [-0.1, -0.05) is 30.0 Å². The molecular formula is C17H26N4O2S2. The van der Waals surface area contributed by atoms with Crippen molar-refractivity contribution in [3.63, 3.8) is 0 Å². The van der Waals surface area contributed by atoms with Gasteiger partial charge in [-0.2, -0.15) is 0 Å². The van der Waals surface area contributed by atoms with Gasteiger partial charge in [0.2, 0.25) is 5.13 Å². The van der Waals surface area contributed by atoms with Gasteiger partial charge in [0, 0.05) is 30.6 Å². The summed E-state index contributed by atoms with van der Waals surface area (Å²) in [6.45, 7) is 9.72. The van der Waals surface area contributed by atoms with Crippen LogP contribution in [0.4, 0.5) is 5.13 Å². The second-order valence-electron chi connectivity index (χ2n) is 5.97. The predicted octanol–water partition coefficient (Wildman–Crippen LogP) is 3.96. The molecule has 2 aromatic rings. The van der Waals surface area contributed by atoms with E-state index in [1.54, 1.807) is 7.11 Å². The highest BCUT2D eigenvalue weighted by Crippen LogP contribution is 2.27. The van der Waals surface area contributed by atoms with Crippen LogP contribution in [-0.2, 0) is 4.74 Å². The summed E-state index contributed by atoms with van der Waals surface area (Å²) in [5.74, 6) is 0.484. The molecule has 8 heteroatoms. The zero-order valence-electron chi connectivity index (χ0n) is 15.5. The first-order valence-corrected chi connectivity index (χ1v) is 10.2. The van der Waals surface area contributed by atoms with E-state index >= 15 is 0 Å². The number of anilines is 1. The molecule has 0 saturated carbocycles. The van der Waals surface area contributed by atoms with Crippen LogP contribution in [0.5, 0.6) is 0 Å². The fraction of sp³-hybridized carbons (Fsp3) is 0.588. The Morgan fingerprint density at radius 1 is 1.44 bits per heavy atom. The predicted molar refractivity (Wildman–Crippen MR) is 104 cm³/mol. The van der Waals surface area contributed by atoms with E-state index in [1.807, 2.05) is 19.9 Å². The molecule has 1 N–H and O–H groups in total. The fourth-order valence-corrected chi connectivity index (χ4v) is 4.49. The molecule has 138 valence electrons. The molecule has 0 aromatic carbocycles. The molecule has 1 atom stereocenters. The third-order valence-corrected chi connectivity index (χ3v) is 5.91. The number of nitrogens with zero attached hydrogens (tertiary/aromatic N) is 3. The number of carbonyl (C=O) groups excluding carboxylic acids is 1. The van der Waals surface area contributed by atoms with Gasteiger partial charge in [-0.15, -0.1) is 10.2 Å². The van der Waals surface area contributed by atoms with Crippen molar-refractivity contribution in [3.05, 3.63) is 23.0 Å². The van der Waals surface area contributed by atoms with Crippen LogP contribution in [0.15, 0.2) is 10.4 Å². The maximum absolute atomic E-state index is 12.6. The van der Waals surface area contributed by atoms with E-state index < -0.39 is 0 Å². The molecule has 0 bridgehead atoms. The van der Waals surface area contributed by atoms with Crippen LogP contribution in [0.25, 0.3) is 0 Å². The summed E-state index contributed by atoms with van der Waals surface area (Å²) in [6, 6.07) is 2.17. The number of hydrogen-bond acceptors (Lipinski definition) is 7. The van der Waals surface area contributed by atoms with Crippen LogP contribution in [0.3, 0.4) is 0 Å². The number of carbonyl (C=O) groups is 1. The minimum atomic E-state index is 0.118. The van der Waals surface area contributed by atoms with Crippen molar-refractivity contribution in [2.75, 3.05) is 31.3 Å². The van der Waals surface area contributed by atoms with Crippen molar-refractivity contribution >= 4 is 34.0 Å². The van der Waals surface area contributed by atoms with Crippen LogP contribution < -0.4 is 5.32 Å². The molecule has 6 nitrogen and oxygen atoms in total. The van der Waals surface area contributed by atoms with Crippen LogP contribution in [0, 0.1) is 13.8 Å². The van der Waals surface area contributed by atoms with Gasteiger partial charge in [-0.25, -0.2) is 0 Å². The summed E-state index contributed by atoms with van der Waals surface area (Å²) in [6.07, 6.45) is 1.04. The van der Waals surface area contributed by atoms with Gasteiger partial charge in [0.1, 0.15) is 0 Å². The summed E-state index contributed by atoms with van der Waals surface area (Å²) in [5, 5.41) is 12.2. The van der Waals surface area contributed by atoms with Gasteiger partial charge in [-0.05, 0) is 33.3 Å². The lowest BCUT2D eigenvalue weighted by Crippen LogP contribution is -2.14. The van der Waals surface area contributed by atoms with Gasteiger partial charge >= 0.3 is 0 Å². The first-order chi connectivity index (χ1) is 12.0. The molecule has 2 rings (SSSR count). The van der Waals surface area contributed by atoms with E-state index in [9.17, 15) is 4.79 Å². The Morgan fingerprint density at radius 2 is 2.20 bits per heavy atom. The standard InChI is InChI=1S/C17H26N4O2S2/c1-6-7-18-16-19-20-17(25-16)24-10-15(22)14-8-11(2)21(13(14)4)12(3)9-23-5/h8,12H,6-7,9-10H2,1-5H3,(H,18,19). The lowest BCUT2D eigenvalue weighted by atomic mass is 10.2. The third-order valence-electron chi connectivity index (χ3n) is 3.89. The molecular weight excluding hydrogens is 356 g/mol.